The van der Waals surface area contributed by atoms with E-state index in [0.717, 1.165) is 37.2 Å². The van der Waals surface area contributed by atoms with Gasteiger partial charge in [-0.2, -0.15) is 0 Å². The lowest BCUT2D eigenvalue weighted by atomic mass is 10.1. The minimum Gasteiger partial charge on any atom is -0.384 e. The first-order valence-corrected chi connectivity index (χ1v) is 8.17. The van der Waals surface area contributed by atoms with E-state index in [2.05, 4.69) is 22.5 Å². The molecule has 2 aliphatic rings. The molecule has 2 heterocycles. The summed E-state index contributed by atoms with van der Waals surface area (Å²) in [7, 11) is 0. The van der Waals surface area contributed by atoms with Gasteiger partial charge in [-0.3, -0.25) is 9.69 Å². The lowest BCUT2D eigenvalue weighted by Crippen LogP contribution is -2.42. The lowest BCUT2D eigenvalue weighted by molar-refractivity contribution is 0.0930. The van der Waals surface area contributed by atoms with Crippen molar-refractivity contribution in [2.75, 3.05) is 25.0 Å². The molecule has 2 atom stereocenters. The molecule has 0 bridgehead atoms. The Bertz CT molecular complexity index is 503. The maximum atomic E-state index is 12.6. The van der Waals surface area contributed by atoms with E-state index in [1.807, 2.05) is 24.3 Å². The molecule has 4 nitrogen and oxygen atoms in total. The largest absolute Gasteiger partial charge is 0.384 e. The van der Waals surface area contributed by atoms with Crippen LogP contribution in [0.15, 0.2) is 24.3 Å². The number of hydrogen-bond donors (Lipinski definition) is 2. The van der Waals surface area contributed by atoms with Crippen LogP contribution >= 0.6 is 0 Å². The smallest absolute Gasteiger partial charge is 0.253 e. The summed E-state index contributed by atoms with van der Waals surface area (Å²) in [4.78, 5) is 15.1. The van der Waals surface area contributed by atoms with E-state index >= 15 is 0 Å². The van der Waals surface area contributed by atoms with Crippen LogP contribution in [-0.4, -0.2) is 42.5 Å². The summed E-state index contributed by atoms with van der Waals surface area (Å²) in [6, 6.07) is 8.69. The third kappa shape index (κ3) is 3.05. The molecule has 0 aromatic heterocycles. The fourth-order valence-corrected chi connectivity index (χ4v) is 3.59. The van der Waals surface area contributed by atoms with Gasteiger partial charge < -0.3 is 10.6 Å². The molecule has 1 amide bonds. The van der Waals surface area contributed by atoms with Gasteiger partial charge in [-0.05, 0) is 44.4 Å². The summed E-state index contributed by atoms with van der Waals surface area (Å²) in [5.41, 5.74) is 1.71. The van der Waals surface area contributed by atoms with Gasteiger partial charge in [-0.1, -0.05) is 19.1 Å². The number of carbonyl (C=O) groups is 1. The molecule has 114 valence electrons. The Hall–Kier alpha value is -1.55. The number of fused-ring (bicyclic) bond motifs is 1. The van der Waals surface area contributed by atoms with Crippen LogP contribution in [-0.2, 0) is 0 Å². The molecule has 0 saturated carbocycles. The standard InChI is InChI=1S/C17H25N3O/c1-2-10-18-14-7-4-3-6-13(14)17(21)19-15-9-12-20-11-5-8-16(15)20/h3-4,6-7,15-16,18H,2,5,8-12H2,1H3,(H,19,21). The molecule has 3 rings (SSSR count). The van der Waals surface area contributed by atoms with Crippen molar-refractivity contribution in [1.29, 1.82) is 0 Å². The lowest BCUT2D eigenvalue weighted by Gasteiger charge is -2.22. The van der Waals surface area contributed by atoms with E-state index in [9.17, 15) is 4.79 Å². The van der Waals surface area contributed by atoms with Crippen LogP contribution in [0, 0.1) is 0 Å². The zero-order chi connectivity index (χ0) is 14.7. The first-order valence-electron chi connectivity index (χ1n) is 8.17. The van der Waals surface area contributed by atoms with Gasteiger partial charge >= 0.3 is 0 Å². The van der Waals surface area contributed by atoms with Gasteiger partial charge in [0.25, 0.3) is 5.91 Å². The summed E-state index contributed by atoms with van der Waals surface area (Å²) in [6.45, 7) is 5.35. The fourth-order valence-electron chi connectivity index (χ4n) is 3.59. The molecule has 2 N–H and O–H groups in total. The second kappa shape index (κ2) is 6.48. The topological polar surface area (TPSA) is 44.4 Å². The van der Waals surface area contributed by atoms with Crippen LogP contribution in [0.1, 0.15) is 43.0 Å². The molecule has 0 radical (unpaired) electrons. The second-order valence-electron chi connectivity index (χ2n) is 6.09. The number of anilines is 1. The van der Waals surface area contributed by atoms with Gasteiger partial charge in [0, 0.05) is 30.9 Å². The van der Waals surface area contributed by atoms with Gasteiger partial charge in [-0.25, -0.2) is 0 Å². The highest BCUT2D eigenvalue weighted by atomic mass is 16.1. The van der Waals surface area contributed by atoms with Crippen molar-refractivity contribution in [3.63, 3.8) is 0 Å². The van der Waals surface area contributed by atoms with Crippen molar-refractivity contribution in [3.8, 4) is 0 Å². The normalized spacial score (nSPS) is 24.8. The summed E-state index contributed by atoms with van der Waals surface area (Å²) >= 11 is 0. The Balaban J connectivity index is 1.68. The monoisotopic (exact) mass is 287 g/mol. The highest BCUT2D eigenvalue weighted by molar-refractivity contribution is 5.99. The Morgan fingerprint density at radius 2 is 2.14 bits per heavy atom. The molecule has 2 aliphatic heterocycles. The summed E-state index contributed by atoms with van der Waals surface area (Å²) in [5, 5.41) is 6.61. The number of carbonyl (C=O) groups excluding carboxylic acids is 1. The van der Waals surface area contributed by atoms with E-state index in [-0.39, 0.29) is 5.91 Å². The molecule has 1 aromatic rings. The molecule has 2 fully saturated rings. The van der Waals surface area contributed by atoms with Gasteiger partial charge in [0.1, 0.15) is 0 Å². The Morgan fingerprint density at radius 1 is 1.29 bits per heavy atom. The fraction of sp³-hybridized carbons (Fsp3) is 0.588. The maximum Gasteiger partial charge on any atom is 0.253 e. The Kier molecular flexibility index (Phi) is 4.44. The second-order valence-corrected chi connectivity index (χ2v) is 6.09. The van der Waals surface area contributed by atoms with Crippen LogP contribution in [0.3, 0.4) is 0 Å². The zero-order valence-electron chi connectivity index (χ0n) is 12.8. The van der Waals surface area contributed by atoms with E-state index in [0.29, 0.717) is 12.1 Å². The third-order valence-electron chi connectivity index (χ3n) is 4.66. The van der Waals surface area contributed by atoms with E-state index in [1.165, 1.54) is 19.4 Å². The first-order chi connectivity index (χ1) is 10.3. The van der Waals surface area contributed by atoms with E-state index in [4.69, 9.17) is 0 Å². The Morgan fingerprint density at radius 3 is 3.00 bits per heavy atom. The third-order valence-corrected chi connectivity index (χ3v) is 4.66. The minimum atomic E-state index is 0.0629. The van der Waals surface area contributed by atoms with Gasteiger partial charge in [0.05, 0.1) is 5.56 Å². The summed E-state index contributed by atoms with van der Waals surface area (Å²) in [6.07, 6.45) is 4.63. The quantitative estimate of drug-likeness (QED) is 0.874. The van der Waals surface area contributed by atoms with E-state index < -0.39 is 0 Å². The first kappa shape index (κ1) is 14.4. The van der Waals surface area contributed by atoms with Gasteiger partial charge in [-0.15, -0.1) is 0 Å². The molecule has 4 heteroatoms. The van der Waals surface area contributed by atoms with E-state index in [1.54, 1.807) is 0 Å². The molecular formula is C17H25N3O. The SMILES string of the molecule is CCCNc1ccccc1C(=O)NC1CCN2CCCC12. The van der Waals surface area contributed by atoms with Crippen LogP contribution in [0.2, 0.25) is 0 Å². The predicted octanol–water partition coefficient (Wildman–Crippen LogP) is 2.48. The molecule has 0 aliphatic carbocycles. The van der Waals surface area contributed by atoms with Gasteiger partial charge in [0.2, 0.25) is 0 Å². The molecule has 0 spiro atoms. The van der Waals surface area contributed by atoms with Crippen molar-refractivity contribution in [2.24, 2.45) is 0 Å². The number of nitrogens with one attached hydrogen (secondary N) is 2. The number of para-hydroxylation sites is 1. The number of hydrogen-bond acceptors (Lipinski definition) is 3. The van der Waals surface area contributed by atoms with Crippen LogP contribution in [0.4, 0.5) is 5.69 Å². The Labute approximate surface area is 126 Å². The average molecular weight is 287 g/mol. The van der Waals surface area contributed by atoms with Crippen molar-refractivity contribution < 1.29 is 4.79 Å². The minimum absolute atomic E-state index is 0.0629. The van der Waals surface area contributed by atoms with Crippen molar-refractivity contribution in [1.82, 2.24) is 10.2 Å². The highest BCUT2D eigenvalue weighted by Crippen LogP contribution is 2.28. The number of benzene rings is 1. The van der Waals surface area contributed by atoms with Crippen molar-refractivity contribution in [3.05, 3.63) is 29.8 Å². The van der Waals surface area contributed by atoms with Gasteiger partial charge in [0.15, 0.2) is 0 Å². The molecular weight excluding hydrogens is 262 g/mol. The molecule has 1 aromatic carbocycles. The van der Waals surface area contributed by atoms with Crippen molar-refractivity contribution in [2.45, 2.75) is 44.7 Å². The summed E-state index contributed by atoms with van der Waals surface area (Å²) in [5.74, 6) is 0.0629. The predicted molar refractivity (Wildman–Crippen MR) is 85.7 cm³/mol. The van der Waals surface area contributed by atoms with Crippen LogP contribution in [0.25, 0.3) is 0 Å². The number of nitrogens with zero attached hydrogens (tertiary/aromatic N) is 1. The number of rotatable bonds is 5. The molecule has 21 heavy (non-hydrogen) atoms. The molecule has 2 saturated heterocycles. The highest BCUT2D eigenvalue weighted by Gasteiger charge is 2.37. The average Bonchev–Trinajstić information content (AvgIpc) is 3.10. The number of amides is 1. The summed E-state index contributed by atoms with van der Waals surface area (Å²) < 4.78 is 0. The van der Waals surface area contributed by atoms with Crippen molar-refractivity contribution >= 4 is 11.6 Å². The molecule has 2 unspecified atom stereocenters. The zero-order valence-corrected chi connectivity index (χ0v) is 12.8. The maximum absolute atomic E-state index is 12.6. The van der Waals surface area contributed by atoms with Crippen LogP contribution < -0.4 is 10.6 Å². The van der Waals surface area contributed by atoms with Crippen LogP contribution in [0.5, 0.6) is 0 Å².